The lowest BCUT2D eigenvalue weighted by molar-refractivity contribution is -0.127. The van der Waals surface area contributed by atoms with E-state index in [-0.39, 0.29) is 11.9 Å². The summed E-state index contributed by atoms with van der Waals surface area (Å²) in [5.41, 5.74) is 7.50. The summed E-state index contributed by atoms with van der Waals surface area (Å²) >= 11 is 0. The summed E-state index contributed by atoms with van der Waals surface area (Å²) in [6, 6.07) is 10.4. The highest BCUT2D eigenvalue weighted by atomic mass is 16.2. The van der Waals surface area contributed by atoms with E-state index in [1.807, 2.05) is 30.0 Å². The fourth-order valence-corrected chi connectivity index (χ4v) is 2.54. The number of rotatable bonds is 2. The van der Waals surface area contributed by atoms with E-state index in [9.17, 15) is 4.79 Å². The Morgan fingerprint density at radius 2 is 2.11 bits per heavy atom. The molecule has 1 aliphatic rings. The Hall–Kier alpha value is -1.61. The zero-order valence-electron chi connectivity index (χ0n) is 10.8. The number of carbonyl (C=O) groups excluding carboxylic acids is 1. The number of amides is 1. The molecule has 0 aliphatic carbocycles. The zero-order valence-corrected chi connectivity index (χ0v) is 10.8. The van der Waals surface area contributed by atoms with E-state index in [2.05, 4.69) is 12.1 Å². The molecule has 0 saturated carbocycles. The summed E-state index contributed by atoms with van der Waals surface area (Å²) in [5.74, 6) is 0.431. The van der Waals surface area contributed by atoms with Gasteiger partial charge in [-0.05, 0) is 25.0 Å². The summed E-state index contributed by atoms with van der Waals surface area (Å²) in [6.45, 7) is 3.29. The topological polar surface area (TPSA) is 46.3 Å². The molecule has 0 radical (unpaired) electrons. The molecule has 18 heavy (non-hydrogen) atoms. The molecule has 1 amide bonds. The highest BCUT2D eigenvalue weighted by molar-refractivity contribution is 5.87. The van der Waals surface area contributed by atoms with Crippen molar-refractivity contribution in [2.75, 3.05) is 13.1 Å². The number of carbonyl (C=O) groups is 1. The van der Waals surface area contributed by atoms with Crippen LogP contribution in [0.1, 0.15) is 24.8 Å². The number of likely N-dealkylation sites (tertiary alicyclic amines) is 1. The SMILES string of the molecule is C/C=C/C(=O)N1CCC(c2ccccc2)C(N)C1. The molecule has 2 rings (SSSR count). The van der Waals surface area contributed by atoms with E-state index < -0.39 is 0 Å². The van der Waals surface area contributed by atoms with Crippen molar-refractivity contribution in [3.8, 4) is 0 Å². The fourth-order valence-electron chi connectivity index (χ4n) is 2.54. The quantitative estimate of drug-likeness (QED) is 0.808. The number of nitrogens with two attached hydrogens (primary N) is 1. The number of benzene rings is 1. The molecule has 1 aromatic carbocycles. The maximum atomic E-state index is 11.8. The molecule has 1 fully saturated rings. The molecule has 1 heterocycles. The van der Waals surface area contributed by atoms with Crippen LogP contribution in [0.15, 0.2) is 42.5 Å². The Bertz CT molecular complexity index is 427. The maximum Gasteiger partial charge on any atom is 0.246 e. The van der Waals surface area contributed by atoms with E-state index in [0.29, 0.717) is 12.5 Å². The molecule has 96 valence electrons. The third-order valence-electron chi connectivity index (χ3n) is 3.51. The van der Waals surface area contributed by atoms with Crippen LogP contribution in [0.5, 0.6) is 0 Å². The van der Waals surface area contributed by atoms with Crippen molar-refractivity contribution in [3.63, 3.8) is 0 Å². The minimum Gasteiger partial charge on any atom is -0.338 e. The monoisotopic (exact) mass is 244 g/mol. The van der Waals surface area contributed by atoms with Crippen LogP contribution in [0.2, 0.25) is 0 Å². The summed E-state index contributed by atoms with van der Waals surface area (Å²) in [4.78, 5) is 13.6. The van der Waals surface area contributed by atoms with Crippen LogP contribution in [-0.2, 0) is 4.79 Å². The Morgan fingerprint density at radius 1 is 1.39 bits per heavy atom. The normalized spacial score (nSPS) is 24.4. The number of allylic oxidation sites excluding steroid dienone is 1. The van der Waals surface area contributed by atoms with Gasteiger partial charge >= 0.3 is 0 Å². The van der Waals surface area contributed by atoms with Crippen molar-refractivity contribution in [1.82, 2.24) is 4.90 Å². The van der Waals surface area contributed by atoms with Crippen LogP contribution in [-0.4, -0.2) is 29.9 Å². The van der Waals surface area contributed by atoms with E-state index in [1.54, 1.807) is 12.2 Å². The highest BCUT2D eigenvalue weighted by Crippen LogP contribution is 2.27. The first-order valence-electron chi connectivity index (χ1n) is 6.44. The molecule has 1 aliphatic heterocycles. The smallest absolute Gasteiger partial charge is 0.246 e. The zero-order chi connectivity index (χ0) is 13.0. The third-order valence-corrected chi connectivity index (χ3v) is 3.51. The number of hydrogen-bond donors (Lipinski definition) is 1. The number of piperidine rings is 1. The molecule has 0 spiro atoms. The van der Waals surface area contributed by atoms with Crippen molar-refractivity contribution in [3.05, 3.63) is 48.0 Å². The Kier molecular flexibility index (Phi) is 4.15. The molecule has 2 atom stereocenters. The Labute approximate surface area is 108 Å². The summed E-state index contributed by atoms with van der Waals surface area (Å²) in [6.07, 6.45) is 4.32. The van der Waals surface area contributed by atoms with Crippen LogP contribution in [0.4, 0.5) is 0 Å². The average molecular weight is 244 g/mol. The predicted octanol–water partition coefficient (Wildman–Crippen LogP) is 1.91. The van der Waals surface area contributed by atoms with Crippen LogP contribution < -0.4 is 5.73 Å². The highest BCUT2D eigenvalue weighted by Gasteiger charge is 2.28. The molecular weight excluding hydrogens is 224 g/mol. The summed E-state index contributed by atoms with van der Waals surface area (Å²) in [7, 11) is 0. The second kappa shape index (κ2) is 5.83. The van der Waals surface area contributed by atoms with Gasteiger partial charge in [-0.15, -0.1) is 0 Å². The lowest BCUT2D eigenvalue weighted by atomic mass is 9.86. The summed E-state index contributed by atoms with van der Waals surface area (Å²) < 4.78 is 0. The van der Waals surface area contributed by atoms with Gasteiger partial charge in [0.25, 0.3) is 0 Å². The average Bonchev–Trinajstić information content (AvgIpc) is 2.40. The first-order chi connectivity index (χ1) is 8.72. The van der Waals surface area contributed by atoms with Gasteiger partial charge in [-0.1, -0.05) is 36.4 Å². The molecule has 0 bridgehead atoms. The minimum atomic E-state index is 0.0235. The van der Waals surface area contributed by atoms with E-state index in [1.165, 1.54) is 5.56 Å². The van der Waals surface area contributed by atoms with Gasteiger partial charge in [0.1, 0.15) is 0 Å². The molecule has 3 nitrogen and oxygen atoms in total. The second-order valence-electron chi connectivity index (χ2n) is 4.75. The second-order valence-corrected chi connectivity index (χ2v) is 4.75. The largest absolute Gasteiger partial charge is 0.338 e. The first kappa shape index (κ1) is 12.8. The molecule has 2 unspecified atom stereocenters. The van der Waals surface area contributed by atoms with Gasteiger partial charge in [0, 0.05) is 25.0 Å². The van der Waals surface area contributed by atoms with Crippen molar-refractivity contribution in [2.45, 2.75) is 25.3 Å². The molecule has 0 aromatic heterocycles. The van der Waals surface area contributed by atoms with Crippen molar-refractivity contribution < 1.29 is 4.79 Å². The van der Waals surface area contributed by atoms with Crippen LogP contribution >= 0.6 is 0 Å². The van der Waals surface area contributed by atoms with Gasteiger partial charge in [0.2, 0.25) is 5.91 Å². The molecule has 2 N–H and O–H groups in total. The van der Waals surface area contributed by atoms with Crippen LogP contribution in [0, 0.1) is 0 Å². The minimum absolute atomic E-state index is 0.0235. The van der Waals surface area contributed by atoms with Crippen molar-refractivity contribution in [1.29, 1.82) is 0 Å². The predicted molar refractivity (Wildman–Crippen MR) is 73.2 cm³/mol. The van der Waals surface area contributed by atoms with Gasteiger partial charge in [-0.2, -0.15) is 0 Å². The van der Waals surface area contributed by atoms with Gasteiger partial charge in [-0.25, -0.2) is 0 Å². The molecule has 1 saturated heterocycles. The third kappa shape index (κ3) is 2.79. The van der Waals surface area contributed by atoms with Crippen LogP contribution in [0.25, 0.3) is 0 Å². The number of hydrogen-bond acceptors (Lipinski definition) is 2. The number of nitrogens with zero attached hydrogens (tertiary/aromatic N) is 1. The van der Waals surface area contributed by atoms with Gasteiger partial charge in [-0.3, -0.25) is 4.79 Å². The molecule has 1 aromatic rings. The maximum absolute atomic E-state index is 11.8. The fraction of sp³-hybridized carbons (Fsp3) is 0.400. The van der Waals surface area contributed by atoms with Crippen molar-refractivity contribution in [2.24, 2.45) is 5.73 Å². The van der Waals surface area contributed by atoms with Gasteiger partial charge in [0.05, 0.1) is 0 Å². The standard InChI is InChI=1S/C15H20N2O/c1-2-6-15(18)17-10-9-13(14(16)11-17)12-7-4-3-5-8-12/h2-8,13-14H,9-11,16H2,1H3/b6-2+. The first-order valence-corrected chi connectivity index (χ1v) is 6.44. The van der Waals surface area contributed by atoms with E-state index in [0.717, 1.165) is 13.0 Å². The van der Waals surface area contributed by atoms with Gasteiger partial charge < -0.3 is 10.6 Å². The van der Waals surface area contributed by atoms with Gasteiger partial charge in [0.15, 0.2) is 0 Å². The lowest BCUT2D eigenvalue weighted by Gasteiger charge is -2.36. The van der Waals surface area contributed by atoms with E-state index >= 15 is 0 Å². The lowest BCUT2D eigenvalue weighted by Crippen LogP contribution is -2.49. The Morgan fingerprint density at radius 3 is 2.72 bits per heavy atom. The molecule has 3 heteroatoms. The Balaban J connectivity index is 2.03. The van der Waals surface area contributed by atoms with E-state index in [4.69, 9.17) is 5.73 Å². The molecular formula is C15H20N2O. The van der Waals surface area contributed by atoms with Crippen molar-refractivity contribution >= 4 is 5.91 Å². The van der Waals surface area contributed by atoms with Crippen LogP contribution in [0.3, 0.4) is 0 Å². The summed E-state index contributed by atoms with van der Waals surface area (Å²) in [5, 5.41) is 0.